The molecule has 0 rings (SSSR count). The number of aliphatic hydroxyl groups is 2. The van der Waals surface area contributed by atoms with Gasteiger partial charge in [-0.25, -0.2) is 0 Å². The van der Waals surface area contributed by atoms with Crippen molar-refractivity contribution in [1.29, 1.82) is 0 Å². The fourth-order valence-corrected chi connectivity index (χ4v) is 6.52. The van der Waals surface area contributed by atoms with Crippen molar-refractivity contribution >= 4 is 11.9 Å². The van der Waals surface area contributed by atoms with Crippen molar-refractivity contribution in [1.82, 2.24) is 5.32 Å². The van der Waals surface area contributed by atoms with E-state index in [4.69, 9.17) is 4.74 Å². The number of hydrogen-bond donors (Lipinski definition) is 3. The van der Waals surface area contributed by atoms with Crippen LogP contribution in [0, 0.1) is 0 Å². The number of nitrogens with one attached hydrogen (secondary N) is 1. The van der Waals surface area contributed by atoms with Crippen LogP contribution in [-0.4, -0.2) is 46.9 Å². The topological polar surface area (TPSA) is 95.9 Å². The Bertz CT molecular complexity index is 1240. The van der Waals surface area contributed by atoms with Gasteiger partial charge >= 0.3 is 5.97 Å². The second-order valence-electron chi connectivity index (χ2n) is 15.6. The first-order valence-electron chi connectivity index (χ1n) is 23.7. The Morgan fingerprint density at radius 1 is 0.508 bits per heavy atom. The van der Waals surface area contributed by atoms with E-state index in [-0.39, 0.29) is 24.9 Å². The third-order valence-corrected chi connectivity index (χ3v) is 10.1. The fraction of sp³-hybridized carbons (Fsp3) is 0.623. The van der Waals surface area contributed by atoms with Crippen LogP contribution in [0.2, 0.25) is 0 Å². The van der Waals surface area contributed by atoms with E-state index < -0.39 is 18.2 Å². The van der Waals surface area contributed by atoms with Crippen molar-refractivity contribution in [3.8, 4) is 0 Å². The van der Waals surface area contributed by atoms with Crippen LogP contribution in [-0.2, 0) is 14.3 Å². The minimum absolute atomic E-state index is 0.00554. The molecule has 0 bridgehead atoms. The van der Waals surface area contributed by atoms with Gasteiger partial charge in [-0.05, 0) is 57.8 Å². The van der Waals surface area contributed by atoms with Gasteiger partial charge in [0.1, 0.15) is 6.10 Å². The molecule has 3 atom stereocenters. The van der Waals surface area contributed by atoms with Gasteiger partial charge in [-0.2, -0.15) is 0 Å². The first kappa shape index (κ1) is 55.5. The first-order chi connectivity index (χ1) is 29.0. The summed E-state index contributed by atoms with van der Waals surface area (Å²) in [6, 6.07) is -0.739. The zero-order valence-corrected chi connectivity index (χ0v) is 37.8. The summed E-state index contributed by atoms with van der Waals surface area (Å²) in [5, 5.41) is 23.7. The Labute approximate surface area is 362 Å². The number of allylic oxidation sites excluding steroid dienone is 18. The van der Waals surface area contributed by atoms with Gasteiger partial charge in [0.25, 0.3) is 0 Å². The lowest BCUT2D eigenvalue weighted by Crippen LogP contribution is -2.46. The van der Waals surface area contributed by atoms with E-state index in [0.29, 0.717) is 19.3 Å². The highest BCUT2D eigenvalue weighted by Gasteiger charge is 2.24. The van der Waals surface area contributed by atoms with E-state index in [1.807, 2.05) is 85.1 Å². The van der Waals surface area contributed by atoms with Crippen LogP contribution in [0.25, 0.3) is 0 Å². The molecule has 0 aromatic carbocycles. The molecule has 0 saturated carbocycles. The SMILES string of the molecule is CC/C=C/C=C/C=C\C=C/C=C/CCCC(CC(=O)NC(CO)C(O)CCCCCCCCCCCCCCCC)OC(=O)CCCCC\C=C/C=C\C=C\C=C\CC. The lowest BCUT2D eigenvalue weighted by atomic mass is 10.0. The number of unbranched alkanes of at least 4 members (excludes halogenated alkanes) is 17. The smallest absolute Gasteiger partial charge is 0.306 e. The van der Waals surface area contributed by atoms with Crippen LogP contribution in [0.1, 0.15) is 188 Å². The fourth-order valence-electron chi connectivity index (χ4n) is 6.52. The van der Waals surface area contributed by atoms with Gasteiger partial charge in [0, 0.05) is 6.42 Å². The molecule has 59 heavy (non-hydrogen) atoms. The summed E-state index contributed by atoms with van der Waals surface area (Å²) >= 11 is 0. The quantitative estimate of drug-likeness (QED) is 0.0325. The molecule has 3 unspecified atom stereocenters. The molecular weight excluding hydrogens is 731 g/mol. The van der Waals surface area contributed by atoms with Gasteiger partial charge in [-0.15, -0.1) is 0 Å². The highest BCUT2D eigenvalue weighted by molar-refractivity contribution is 5.77. The van der Waals surface area contributed by atoms with Gasteiger partial charge in [0.15, 0.2) is 0 Å². The summed E-state index contributed by atoms with van der Waals surface area (Å²) < 4.78 is 5.85. The van der Waals surface area contributed by atoms with Crippen molar-refractivity contribution in [2.75, 3.05) is 6.61 Å². The molecule has 334 valence electrons. The van der Waals surface area contributed by atoms with Gasteiger partial charge in [-0.3, -0.25) is 9.59 Å². The number of carbonyl (C=O) groups excluding carboxylic acids is 2. The largest absolute Gasteiger partial charge is 0.462 e. The lowest BCUT2D eigenvalue weighted by molar-refractivity contribution is -0.151. The molecule has 1 amide bonds. The Kier molecular flexibility index (Phi) is 42.9. The van der Waals surface area contributed by atoms with E-state index in [9.17, 15) is 19.8 Å². The molecule has 0 aliphatic carbocycles. The normalized spacial score (nSPS) is 14.3. The van der Waals surface area contributed by atoms with E-state index in [2.05, 4.69) is 50.4 Å². The van der Waals surface area contributed by atoms with Crippen LogP contribution >= 0.6 is 0 Å². The minimum Gasteiger partial charge on any atom is -0.462 e. The zero-order valence-electron chi connectivity index (χ0n) is 37.8. The lowest BCUT2D eigenvalue weighted by Gasteiger charge is -2.24. The number of amides is 1. The molecule has 0 saturated heterocycles. The molecule has 0 heterocycles. The number of rotatable bonds is 40. The summed E-state index contributed by atoms with van der Waals surface area (Å²) in [7, 11) is 0. The molecule has 0 aromatic heterocycles. The standard InChI is InChI=1S/C53H87NO5/c1-4-7-10-13-16-19-22-25-28-30-33-36-39-42-45-51(56)50(48-55)54-52(57)47-49(44-41-38-35-32-29-26-23-20-17-14-11-8-5-2)59-53(58)46-43-40-37-34-31-27-24-21-18-15-12-9-6-3/h8-9,11-12,14-15,17-18,20-21,23-24,26-27,29,31-32,35,49-51,55-56H,4-7,10,13,16,19,22,25,28,30,33-34,36-48H2,1-3H3,(H,54,57)/b11-8+,12-9+,17-14+,18-15+,23-20-,24-21-,29-26-,31-27-,35-32+. The van der Waals surface area contributed by atoms with Gasteiger partial charge in [0.05, 0.1) is 25.2 Å². The van der Waals surface area contributed by atoms with Gasteiger partial charge in [0.2, 0.25) is 5.91 Å². The van der Waals surface area contributed by atoms with Crippen molar-refractivity contribution in [2.45, 2.75) is 206 Å². The summed E-state index contributed by atoms with van der Waals surface area (Å²) in [5.41, 5.74) is 0. The summed E-state index contributed by atoms with van der Waals surface area (Å²) in [5.74, 6) is -0.605. The van der Waals surface area contributed by atoms with Crippen LogP contribution in [0.4, 0.5) is 0 Å². The van der Waals surface area contributed by atoms with Crippen LogP contribution in [0.5, 0.6) is 0 Å². The maximum atomic E-state index is 13.1. The van der Waals surface area contributed by atoms with E-state index in [1.54, 1.807) is 0 Å². The highest BCUT2D eigenvalue weighted by Crippen LogP contribution is 2.16. The summed E-state index contributed by atoms with van der Waals surface area (Å²) in [4.78, 5) is 26.0. The molecule has 0 spiro atoms. The Morgan fingerprint density at radius 2 is 0.932 bits per heavy atom. The summed E-state index contributed by atoms with van der Waals surface area (Å²) in [6.45, 7) is 6.15. The van der Waals surface area contributed by atoms with E-state index >= 15 is 0 Å². The monoisotopic (exact) mass is 818 g/mol. The number of ether oxygens (including phenoxy) is 1. The molecule has 0 aromatic rings. The second-order valence-corrected chi connectivity index (χ2v) is 15.6. The second kappa shape index (κ2) is 45.6. The third-order valence-electron chi connectivity index (χ3n) is 10.1. The maximum Gasteiger partial charge on any atom is 0.306 e. The zero-order chi connectivity index (χ0) is 43.1. The summed E-state index contributed by atoms with van der Waals surface area (Å²) in [6.07, 6.45) is 61.5. The Morgan fingerprint density at radius 3 is 1.41 bits per heavy atom. The molecule has 3 N–H and O–H groups in total. The molecule has 0 aliphatic rings. The molecular formula is C53H87NO5. The van der Waals surface area contributed by atoms with Gasteiger partial charge in [-0.1, -0.05) is 226 Å². The predicted octanol–water partition coefficient (Wildman–Crippen LogP) is 13.9. The molecule has 0 fully saturated rings. The van der Waals surface area contributed by atoms with E-state index in [0.717, 1.165) is 70.6 Å². The van der Waals surface area contributed by atoms with Crippen molar-refractivity contribution in [2.24, 2.45) is 0 Å². The molecule has 6 heteroatoms. The van der Waals surface area contributed by atoms with E-state index in [1.165, 1.54) is 70.6 Å². The number of hydrogen-bond acceptors (Lipinski definition) is 5. The average molecular weight is 818 g/mol. The maximum absolute atomic E-state index is 13.1. The van der Waals surface area contributed by atoms with Crippen molar-refractivity contribution < 1.29 is 24.5 Å². The van der Waals surface area contributed by atoms with Crippen LogP contribution in [0.15, 0.2) is 109 Å². The molecule has 6 nitrogen and oxygen atoms in total. The molecule has 0 radical (unpaired) electrons. The first-order valence-corrected chi connectivity index (χ1v) is 23.7. The average Bonchev–Trinajstić information content (AvgIpc) is 3.23. The Hall–Kier alpha value is -3.48. The predicted molar refractivity (Wildman–Crippen MR) is 254 cm³/mol. The number of carbonyl (C=O) groups is 2. The van der Waals surface area contributed by atoms with Crippen LogP contribution in [0.3, 0.4) is 0 Å². The minimum atomic E-state index is -0.820. The third kappa shape index (κ3) is 41.1. The van der Waals surface area contributed by atoms with Crippen molar-refractivity contribution in [3.63, 3.8) is 0 Å². The Balaban J connectivity index is 4.77. The molecule has 0 aliphatic heterocycles. The van der Waals surface area contributed by atoms with Gasteiger partial charge < -0.3 is 20.3 Å². The number of aliphatic hydroxyl groups excluding tert-OH is 2. The van der Waals surface area contributed by atoms with Crippen LogP contribution < -0.4 is 5.32 Å². The van der Waals surface area contributed by atoms with Crippen molar-refractivity contribution in [3.05, 3.63) is 109 Å². The highest BCUT2D eigenvalue weighted by atomic mass is 16.5. The number of esters is 1.